The fourth-order valence-electron chi connectivity index (χ4n) is 1.63. The van der Waals surface area contributed by atoms with Gasteiger partial charge in [0, 0.05) is 18.0 Å². The Hall–Kier alpha value is -1.53. The summed E-state index contributed by atoms with van der Waals surface area (Å²) < 4.78 is 2.30. The van der Waals surface area contributed by atoms with Crippen molar-refractivity contribution in [1.29, 1.82) is 0 Å². The molecule has 0 spiro atoms. The fraction of sp³-hybridized carbons (Fsp3) is 0.0909. The Kier molecular flexibility index (Phi) is 2.76. The minimum Gasteiger partial charge on any atom is -0.265 e. The van der Waals surface area contributed by atoms with Crippen molar-refractivity contribution in [2.24, 2.45) is 0 Å². The first-order chi connectivity index (χ1) is 8.66. The first kappa shape index (κ1) is 11.6. The summed E-state index contributed by atoms with van der Waals surface area (Å²) in [7, 11) is 0. The van der Waals surface area contributed by atoms with Crippen LogP contribution in [0, 0.1) is 6.92 Å². The van der Waals surface area contributed by atoms with E-state index in [0.717, 1.165) is 5.56 Å². The highest BCUT2D eigenvalue weighted by Crippen LogP contribution is 2.26. The second-order valence-corrected chi connectivity index (χ2v) is 4.82. The standard InChI is InChI=1S/C11H7BrClN5/c1-6-15-9(13)8(12)11-16-10(17-18(6)11)7-2-4-14-5-3-7/h2-5H,1H3. The molecule has 0 aliphatic carbocycles. The monoisotopic (exact) mass is 323 g/mol. The molecule has 3 aromatic heterocycles. The van der Waals surface area contributed by atoms with Crippen molar-refractivity contribution in [1.82, 2.24) is 24.6 Å². The summed E-state index contributed by atoms with van der Waals surface area (Å²) in [6.45, 7) is 1.83. The number of halogens is 2. The molecule has 5 nitrogen and oxygen atoms in total. The van der Waals surface area contributed by atoms with Crippen LogP contribution in [-0.4, -0.2) is 24.6 Å². The maximum absolute atomic E-state index is 6.00. The molecule has 0 atom stereocenters. The molecule has 0 fully saturated rings. The number of aromatic nitrogens is 5. The highest BCUT2D eigenvalue weighted by Gasteiger charge is 2.14. The summed E-state index contributed by atoms with van der Waals surface area (Å²) in [5.41, 5.74) is 1.55. The number of hydrogen-bond donors (Lipinski definition) is 0. The Morgan fingerprint density at radius 2 is 1.94 bits per heavy atom. The molecule has 0 saturated heterocycles. The van der Waals surface area contributed by atoms with Crippen LogP contribution < -0.4 is 0 Å². The van der Waals surface area contributed by atoms with Gasteiger partial charge < -0.3 is 0 Å². The van der Waals surface area contributed by atoms with Gasteiger partial charge in [0.05, 0.1) is 4.47 Å². The summed E-state index contributed by atoms with van der Waals surface area (Å²) in [6, 6.07) is 3.71. The lowest BCUT2D eigenvalue weighted by Gasteiger charge is -1.99. The van der Waals surface area contributed by atoms with Crippen LogP contribution in [0.15, 0.2) is 29.0 Å². The number of fused-ring (bicyclic) bond motifs is 1. The van der Waals surface area contributed by atoms with Crippen LogP contribution in [-0.2, 0) is 0 Å². The van der Waals surface area contributed by atoms with Crippen molar-refractivity contribution >= 4 is 33.2 Å². The summed E-state index contributed by atoms with van der Waals surface area (Å²) in [5.74, 6) is 1.30. The van der Waals surface area contributed by atoms with Crippen LogP contribution in [0.3, 0.4) is 0 Å². The second-order valence-electron chi connectivity index (χ2n) is 3.67. The van der Waals surface area contributed by atoms with Crippen molar-refractivity contribution in [2.45, 2.75) is 6.92 Å². The van der Waals surface area contributed by atoms with Crippen molar-refractivity contribution in [3.05, 3.63) is 40.0 Å². The SMILES string of the molecule is Cc1nc(Cl)c(Br)c2nc(-c3ccncc3)nn12. The summed E-state index contributed by atoms with van der Waals surface area (Å²) >= 11 is 9.37. The van der Waals surface area contributed by atoms with E-state index in [4.69, 9.17) is 11.6 Å². The van der Waals surface area contributed by atoms with Crippen molar-refractivity contribution in [2.75, 3.05) is 0 Å². The van der Waals surface area contributed by atoms with E-state index in [0.29, 0.717) is 26.9 Å². The van der Waals surface area contributed by atoms with Crippen molar-refractivity contribution in [3.8, 4) is 11.4 Å². The molecule has 0 aliphatic rings. The summed E-state index contributed by atoms with van der Waals surface area (Å²) in [4.78, 5) is 12.6. The van der Waals surface area contributed by atoms with Gasteiger partial charge in [-0.05, 0) is 35.0 Å². The molecular weight excluding hydrogens is 318 g/mol. The number of pyridine rings is 1. The van der Waals surface area contributed by atoms with Crippen LogP contribution >= 0.6 is 27.5 Å². The normalized spacial score (nSPS) is 11.1. The van der Waals surface area contributed by atoms with Gasteiger partial charge in [-0.3, -0.25) is 4.98 Å². The van der Waals surface area contributed by atoms with Crippen LogP contribution in [0.1, 0.15) is 5.82 Å². The van der Waals surface area contributed by atoms with Crippen molar-refractivity contribution in [3.63, 3.8) is 0 Å². The highest BCUT2D eigenvalue weighted by molar-refractivity contribution is 9.10. The van der Waals surface area contributed by atoms with Crippen molar-refractivity contribution < 1.29 is 0 Å². The second kappa shape index (κ2) is 4.29. The van der Waals surface area contributed by atoms with Crippen LogP contribution in [0.4, 0.5) is 0 Å². The largest absolute Gasteiger partial charge is 0.265 e. The molecule has 18 heavy (non-hydrogen) atoms. The average molecular weight is 325 g/mol. The molecule has 0 bridgehead atoms. The predicted molar refractivity (Wildman–Crippen MR) is 71.5 cm³/mol. The van der Waals surface area contributed by atoms with Gasteiger partial charge >= 0.3 is 0 Å². The van der Waals surface area contributed by atoms with Crippen LogP contribution in [0.25, 0.3) is 17.0 Å². The first-order valence-corrected chi connectivity index (χ1v) is 6.32. The van der Waals surface area contributed by atoms with E-state index in [-0.39, 0.29) is 0 Å². The molecule has 3 aromatic rings. The molecule has 3 heterocycles. The van der Waals surface area contributed by atoms with Gasteiger partial charge in [0.1, 0.15) is 11.0 Å². The molecule has 90 valence electrons. The topological polar surface area (TPSA) is 56.0 Å². The highest BCUT2D eigenvalue weighted by atomic mass is 79.9. The van der Waals surface area contributed by atoms with E-state index in [1.165, 1.54) is 0 Å². The first-order valence-electron chi connectivity index (χ1n) is 5.15. The van der Waals surface area contributed by atoms with Gasteiger partial charge in [-0.15, -0.1) is 5.10 Å². The van der Waals surface area contributed by atoms with Gasteiger partial charge in [-0.2, -0.15) is 4.52 Å². The van der Waals surface area contributed by atoms with Crippen LogP contribution in [0.2, 0.25) is 5.15 Å². The fourth-order valence-corrected chi connectivity index (χ4v) is 2.19. The Morgan fingerprint density at radius 1 is 1.22 bits per heavy atom. The third-order valence-corrected chi connectivity index (χ3v) is 3.72. The van der Waals surface area contributed by atoms with Gasteiger partial charge in [0.25, 0.3) is 0 Å². The number of aryl methyl sites for hydroxylation is 1. The number of nitrogens with zero attached hydrogens (tertiary/aromatic N) is 5. The Morgan fingerprint density at radius 3 is 2.67 bits per heavy atom. The zero-order valence-corrected chi connectivity index (χ0v) is 11.6. The molecule has 0 aromatic carbocycles. The van der Waals surface area contributed by atoms with Gasteiger partial charge in [-0.25, -0.2) is 9.97 Å². The number of rotatable bonds is 1. The molecular formula is C11H7BrClN5. The predicted octanol–water partition coefficient (Wildman–Crippen LogP) is 2.91. The van der Waals surface area contributed by atoms with Gasteiger partial charge in [-0.1, -0.05) is 11.6 Å². The lowest BCUT2D eigenvalue weighted by atomic mass is 10.3. The third-order valence-electron chi connectivity index (χ3n) is 2.49. The minimum absolute atomic E-state index is 0.383. The maximum Gasteiger partial charge on any atom is 0.182 e. The number of hydrogen-bond acceptors (Lipinski definition) is 4. The van der Waals surface area contributed by atoms with E-state index in [2.05, 4.69) is 36.0 Å². The summed E-state index contributed by atoms with van der Waals surface area (Å²) in [5, 5.41) is 4.79. The molecule has 7 heteroatoms. The van der Waals surface area contributed by atoms with E-state index in [1.807, 2.05) is 19.1 Å². The zero-order chi connectivity index (χ0) is 12.7. The molecule has 0 N–H and O–H groups in total. The smallest absolute Gasteiger partial charge is 0.182 e. The Labute approximate surface area is 116 Å². The Balaban J connectivity index is 2.29. The zero-order valence-electron chi connectivity index (χ0n) is 9.30. The van der Waals surface area contributed by atoms with Gasteiger partial charge in [0.15, 0.2) is 11.5 Å². The van der Waals surface area contributed by atoms with E-state index < -0.39 is 0 Å². The quantitative estimate of drug-likeness (QED) is 0.646. The van der Waals surface area contributed by atoms with E-state index in [1.54, 1.807) is 16.9 Å². The summed E-state index contributed by atoms with van der Waals surface area (Å²) in [6.07, 6.45) is 3.41. The molecule has 0 aliphatic heterocycles. The van der Waals surface area contributed by atoms with Crippen LogP contribution in [0.5, 0.6) is 0 Å². The lowest BCUT2D eigenvalue weighted by molar-refractivity contribution is 0.863. The molecule has 0 unspecified atom stereocenters. The van der Waals surface area contributed by atoms with E-state index in [9.17, 15) is 0 Å². The van der Waals surface area contributed by atoms with E-state index >= 15 is 0 Å². The Bertz CT molecular complexity index is 725. The average Bonchev–Trinajstić information content (AvgIpc) is 2.83. The molecule has 0 saturated carbocycles. The maximum atomic E-state index is 6.00. The third kappa shape index (κ3) is 1.77. The molecule has 0 amide bonds. The van der Waals surface area contributed by atoms with Gasteiger partial charge in [0.2, 0.25) is 0 Å². The molecule has 0 radical (unpaired) electrons. The molecule has 3 rings (SSSR count). The minimum atomic E-state index is 0.383. The lowest BCUT2D eigenvalue weighted by Crippen LogP contribution is -1.98.